The summed E-state index contributed by atoms with van der Waals surface area (Å²) < 4.78 is 5.95. The largest absolute Gasteiger partial charge is 0.490 e. The fourth-order valence-corrected chi connectivity index (χ4v) is 2.76. The van der Waals surface area contributed by atoms with Crippen LogP contribution in [0.25, 0.3) is 0 Å². The summed E-state index contributed by atoms with van der Waals surface area (Å²) in [7, 11) is 0. The van der Waals surface area contributed by atoms with Gasteiger partial charge in [0.2, 0.25) is 5.91 Å². The van der Waals surface area contributed by atoms with E-state index >= 15 is 0 Å². The van der Waals surface area contributed by atoms with Gasteiger partial charge in [-0.3, -0.25) is 4.79 Å². The van der Waals surface area contributed by atoms with Crippen LogP contribution in [0, 0.1) is 5.92 Å². The molecule has 1 aromatic carbocycles. The Hall–Kier alpha value is -1.51. The van der Waals surface area contributed by atoms with Gasteiger partial charge in [-0.1, -0.05) is 12.5 Å². The van der Waals surface area contributed by atoms with E-state index < -0.39 is 0 Å². The summed E-state index contributed by atoms with van der Waals surface area (Å²) in [5.74, 6) is 1.25. The molecular weight excluding hydrogens is 238 g/mol. The average molecular weight is 259 g/mol. The van der Waals surface area contributed by atoms with Gasteiger partial charge in [0.25, 0.3) is 0 Å². The van der Waals surface area contributed by atoms with E-state index in [9.17, 15) is 4.79 Å². The molecule has 0 aromatic heterocycles. The van der Waals surface area contributed by atoms with Crippen molar-refractivity contribution in [1.29, 1.82) is 0 Å². The van der Waals surface area contributed by atoms with Gasteiger partial charge in [0, 0.05) is 17.7 Å². The monoisotopic (exact) mass is 259 g/mol. The molecule has 0 saturated heterocycles. The van der Waals surface area contributed by atoms with E-state index in [0.29, 0.717) is 6.10 Å². The third kappa shape index (κ3) is 3.09. The van der Waals surface area contributed by atoms with Gasteiger partial charge in [-0.05, 0) is 50.7 Å². The van der Waals surface area contributed by atoms with E-state index in [2.05, 4.69) is 5.32 Å². The highest BCUT2D eigenvalue weighted by atomic mass is 16.5. The molecule has 0 spiro atoms. The van der Waals surface area contributed by atoms with Crippen LogP contribution in [-0.2, 0) is 4.79 Å². The summed E-state index contributed by atoms with van der Waals surface area (Å²) in [6.07, 6.45) is 8.44. The first-order valence-electron chi connectivity index (χ1n) is 7.39. The fraction of sp³-hybridized carbons (Fsp3) is 0.562. The number of anilines is 1. The molecule has 2 fully saturated rings. The second-order valence-corrected chi connectivity index (χ2v) is 5.67. The molecule has 2 aliphatic rings. The van der Waals surface area contributed by atoms with Crippen molar-refractivity contribution in [2.24, 2.45) is 5.92 Å². The Morgan fingerprint density at radius 3 is 2.58 bits per heavy atom. The molecule has 1 aromatic rings. The molecule has 2 saturated carbocycles. The summed E-state index contributed by atoms with van der Waals surface area (Å²) in [6, 6.07) is 7.78. The van der Waals surface area contributed by atoms with E-state index in [1.807, 2.05) is 24.3 Å². The van der Waals surface area contributed by atoms with Crippen LogP contribution in [0.2, 0.25) is 0 Å². The molecule has 1 amide bonds. The molecule has 0 bridgehead atoms. The van der Waals surface area contributed by atoms with Gasteiger partial charge < -0.3 is 10.1 Å². The Morgan fingerprint density at radius 2 is 1.89 bits per heavy atom. The zero-order valence-electron chi connectivity index (χ0n) is 11.2. The highest BCUT2D eigenvalue weighted by molar-refractivity contribution is 5.93. The van der Waals surface area contributed by atoms with Crippen molar-refractivity contribution in [3.05, 3.63) is 24.3 Å². The minimum Gasteiger partial charge on any atom is -0.490 e. The number of benzene rings is 1. The fourth-order valence-electron chi connectivity index (χ4n) is 2.76. The maximum absolute atomic E-state index is 11.9. The highest BCUT2D eigenvalue weighted by Crippen LogP contribution is 2.29. The number of ether oxygens (including phenoxy) is 1. The number of amides is 1. The maximum atomic E-state index is 11.9. The zero-order chi connectivity index (χ0) is 13.1. The van der Waals surface area contributed by atoms with Crippen molar-refractivity contribution in [2.45, 2.75) is 51.0 Å². The molecule has 3 heteroatoms. The number of hydrogen-bond donors (Lipinski definition) is 1. The summed E-state index contributed by atoms with van der Waals surface area (Å²) in [4.78, 5) is 11.9. The number of nitrogens with one attached hydrogen (secondary N) is 1. The van der Waals surface area contributed by atoms with Crippen LogP contribution < -0.4 is 10.1 Å². The quantitative estimate of drug-likeness (QED) is 0.894. The molecular formula is C16H21NO2. The molecule has 3 nitrogen and oxygen atoms in total. The van der Waals surface area contributed by atoms with Gasteiger partial charge in [0.1, 0.15) is 5.75 Å². The van der Waals surface area contributed by atoms with Crippen molar-refractivity contribution < 1.29 is 9.53 Å². The molecule has 0 unspecified atom stereocenters. The summed E-state index contributed by atoms with van der Waals surface area (Å²) in [6.45, 7) is 0. The number of hydrogen-bond acceptors (Lipinski definition) is 2. The predicted molar refractivity (Wildman–Crippen MR) is 75.3 cm³/mol. The van der Waals surface area contributed by atoms with Crippen LogP contribution >= 0.6 is 0 Å². The first-order valence-corrected chi connectivity index (χ1v) is 7.39. The number of carbonyl (C=O) groups excluding carboxylic acids is 1. The molecule has 19 heavy (non-hydrogen) atoms. The van der Waals surface area contributed by atoms with Crippen LogP contribution in [0.3, 0.4) is 0 Å². The average Bonchev–Trinajstić information content (AvgIpc) is 2.79. The Balaban J connectivity index is 1.60. The second kappa shape index (κ2) is 5.64. The SMILES string of the molecule is O=C(Nc1cccc(OC2CCCC2)c1)C1CCC1. The molecule has 3 rings (SSSR count). The van der Waals surface area contributed by atoms with E-state index in [0.717, 1.165) is 37.1 Å². The van der Waals surface area contributed by atoms with Crippen molar-refractivity contribution in [3.63, 3.8) is 0 Å². The zero-order valence-corrected chi connectivity index (χ0v) is 11.2. The first-order chi connectivity index (χ1) is 9.31. The smallest absolute Gasteiger partial charge is 0.227 e. The van der Waals surface area contributed by atoms with Crippen LogP contribution in [0.1, 0.15) is 44.9 Å². The highest BCUT2D eigenvalue weighted by Gasteiger charge is 2.25. The molecule has 0 radical (unpaired) electrons. The van der Waals surface area contributed by atoms with E-state index in [4.69, 9.17) is 4.74 Å². The minimum absolute atomic E-state index is 0.157. The van der Waals surface area contributed by atoms with Crippen LogP contribution in [0.5, 0.6) is 5.75 Å². The van der Waals surface area contributed by atoms with E-state index in [1.54, 1.807) is 0 Å². The summed E-state index contributed by atoms with van der Waals surface area (Å²) in [5.41, 5.74) is 0.854. The predicted octanol–water partition coefficient (Wildman–Crippen LogP) is 3.75. The summed E-state index contributed by atoms with van der Waals surface area (Å²) in [5, 5.41) is 2.99. The van der Waals surface area contributed by atoms with Crippen LogP contribution in [0.4, 0.5) is 5.69 Å². The third-order valence-corrected chi connectivity index (χ3v) is 4.18. The van der Waals surface area contributed by atoms with Crippen molar-refractivity contribution >= 4 is 11.6 Å². The molecule has 0 heterocycles. The molecule has 1 N–H and O–H groups in total. The molecule has 2 aliphatic carbocycles. The van der Waals surface area contributed by atoms with Gasteiger partial charge in [-0.25, -0.2) is 0 Å². The van der Waals surface area contributed by atoms with Crippen molar-refractivity contribution in [2.75, 3.05) is 5.32 Å². The normalized spacial score (nSPS) is 20.0. The minimum atomic E-state index is 0.157. The van der Waals surface area contributed by atoms with Gasteiger partial charge >= 0.3 is 0 Å². The molecule has 0 atom stereocenters. The van der Waals surface area contributed by atoms with Gasteiger partial charge in [0.15, 0.2) is 0 Å². The Morgan fingerprint density at radius 1 is 1.11 bits per heavy atom. The lowest BCUT2D eigenvalue weighted by Crippen LogP contribution is -2.28. The third-order valence-electron chi connectivity index (χ3n) is 4.18. The Bertz CT molecular complexity index is 448. The van der Waals surface area contributed by atoms with E-state index in [1.165, 1.54) is 19.3 Å². The lowest BCUT2D eigenvalue weighted by molar-refractivity contribution is -0.122. The lowest BCUT2D eigenvalue weighted by Gasteiger charge is -2.24. The van der Waals surface area contributed by atoms with Crippen molar-refractivity contribution in [3.8, 4) is 5.75 Å². The second-order valence-electron chi connectivity index (χ2n) is 5.67. The van der Waals surface area contributed by atoms with Gasteiger partial charge in [0.05, 0.1) is 6.10 Å². The number of carbonyl (C=O) groups is 1. The molecule has 102 valence electrons. The lowest BCUT2D eigenvalue weighted by atomic mass is 9.85. The Labute approximate surface area is 114 Å². The van der Waals surface area contributed by atoms with Gasteiger partial charge in [-0.15, -0.1) is 0 Å². The van der Waals surface area contributed by atoms with Crippen LogP contribution in [-0.4, -0.2) is 12.0 Å². The standard InChI is InChI=1S/C16H21NO2/c18-16(12-5-3-6-12)17-13-7-4-10-15(11-13)19-14-8-1-2-9-14/h4,7,10-12,14H,1-3,5-6,8-9H2,(H,17,18). The van der Waals surface area contributed by atoms with Crippen molar-refractivity contribution in [1.82, 2.24) is 0 Å². The molecule has 0 aliphatic heterocycles. The number of rotatable bonds is 4. The summed E-state index contributed by atoms with van der Waals surface area (Å²) >= 11 is 0. The maximum Gasteiger partial charge on any atom is 0.227 e. The van der Waals surface area contributed by atoms with Crippen LogP contribution in [0.15, 0.2) is 24.3 Å². The Kier molecular flexibility index (Phi) is 3.72. The van der Waals surface area contributed by atoms with E-state index in [-0.39, 0.29) is 11.8 Å². The first kappa shape index (κ1) is 12.5. The topological polar surface area (TPSA) is 38.3 Å². The van der Waals surface area contributed by atoms with Gasteiger partial charge in [-0.2, -0.15) is 0 Å².